The smallest absolute Gasteiger partial charge is 0.243 e. The molecule has 0 spiro atoms. The number of benzene rings is 1. The second-order valence-corrected chi connectivity index (χ2v) is 6.96. The summed E-state index contributed by atoms with van der Waals surface area (Å²) >= 11 is 3.46. The summed E-state index contributed by atoms with van der Waals surface area (Å²) in [5.74, 6) is -0.234. The van der Waals surface area contributed by atoms with Crippen molar-refractivity contribution in [1.82, 2.24) is 4.90 Å². The lowest BCUT2D eigenvalue weighted by Crippen LogP contribution is -2.59. The molecule has 1 aromatic rings. The van der Waals surface area contributed by atoms with Crippen molar-refractivity contribution >= 4 is 27.5 Å². The van der Waals surface area contributed by atoms with Gasteiger partial charge in [0.25, 0.3) is 0 Å². The average molecular weight is 338 g/mol. The summed E-state index contributed by atoms with van der Waals surface area (Å²) in [4.78, 5) is 14.5. The van der Waals surface area contributed by atoms with Gasteiger partial charge in [-0.05, 0) is 50.9 Å². The highest BCUT2D eigenvalue weighted by Gasteiger charge is 2.50. The van der Waals surface area contributed by atoms with Crippen LogP contribution in [0.4, 0.5) is 5.69 Å². The zero-order valence-corrected chi connectivity index (χ0v) is 13.2. The van der Waals surface area contributed by atoms with E-state index in [-0.39, 0.29) is 5.91 Å². The fraction of sp³-hybridized carbons (Fsp3) is 0.533. The molecule has 2 heterocycles. The molecule has 0 aliphatic carbocycles. The molecule has 1 aromatic carbocycles. The molecule has 0 radical (unpaired) electrons. The predicted octanol–water partition coefficient (Wildman–Crippen LogP) is 2.34. The third kappa shape index (κ3) is 2.33. The molecule has 20 heavy (non-hydrogen) atoms. The molecule has 3 rings (SSSR count). The van der Waals surface area contributed by atoms with Gasteiger partial charge in [-0.15, -0.1) is 0 Å². The molecule has 4 nitrogen and oxygen atoms in total. The molecular weight excluding hydrogens is 318 g/mol. The molecule has 2 atom stereocenters. The first-order valence-corrected chi connectivity index (χ1v) is 7.85. The molecule has 2 saturated heterocycles. The number of amides is 1. The number of carbonyl (C=O) groups excluding carboxylic acids is 1. The van der Waals surface area contributed by atoms with Crippen molar-refractivity contribution in [2.45, 2.75) is 43.3 Å². The van der Waals surface area contributed by atoms with Crippen LogP contribution < -0.4 is 11.1 Å². The number of nitrogens with one attached hydrogen (secondary N) is 1. The van der Waals surface area contributed by atoms with E-state index in [0.717, 1.165) is 35.8 Å². The number of halogens is 1. The van der Waals surface area contributed by atoms with Crippen molar-refractivity contribution in [3.8, 4) is 0 Å². The van der Waals surface area contributed by atoms with Gasteiger partial charge in [-0.25, -0.2) is 0 Å². The van der Waals surface area contributed by atoms with E-state index in [1.165, 1.54) is 0 Å². The molecule has 1 amide bonds. The molecule has 2 fully saturated rings. The Morgan fingerprint density at radius 1 is 1.40 bits per heavy atom. The highest BCUT2D eigenvalue weighted by atomic mass is 79.9. The lowest BCUT2D eigenvalue weighted by atomic mass is 9.82. The molecule has 2 bridgehead atoms. The van der Waals surface area contributed by atoms with E-state index in [4.69, 9.17) is 5.73 Å². The lowest BCUT2D eigenvalue weighted by Gasteiger charge is -2.44. The first kappa shape index (κ1) is 13.9. The number of anilines is 1. The van der Waals surface area contributed by atoms with Gasteiger partial charge >= 0.3 is 0 Å². The number of rotatable bonds is 3. The summed E-state index contributed by atoms with van der Waals surface area (Å²) in [6, 6.07) is 8.83. The first-order chi connectivity index (χ1) is 9.50. The van der Waals surface area contributed by atoms with Crippen molar-refractivity contribution in [2.75, 3.05) is 12.4 Å². The molecule has 2 aliphatic heterocycles. The van der Waals surface area contributed by atoms with Crippen molar-refractivity contribution in [1.29, 1.82) is 0 Å². The van der Waals surface area contributed by atoms with Crippen molar-refractivity contribution in [3.05, 3.63) is 28.7 Å². The van der Waals surface area contributed by atoms with Gasteiger partial charge in [-0.2, -0.15) is 0 Å². The van der Waals surface area contributed by atoms with Gasteiger partial charge < -0.3 is 16.0 Å². The maximum absolute atomic E-state index is 12.1. The largest absolute Gasteiger partial charge is 0.371 e. The van der Waals surface area contributed by atoms with Crippen LogP contribution in [0.5, 0.6) is 0 Å². The van der Waals surface area contributed by atoms with E-state index in [1.54, 1.807) is 0 Å². The number of fused-ring (bicyclic) bond motifs is 2. The number of nitrogens with zero attached hydrogens (tertiary/aromatic N) is 1. The fourth-order valence-electron chi connectivity index (χ4n) is 3.68. The van der Waals surface area contributed by atoms with E-state index >= 15 is 0 Å². The molecule has 108 valence electrons. The van der Waals surface area contributed by atoms with Crippen LogP contribution in [0.25, 0.3) is 0 Å². The molecule has 0 saturated carbocycles. The van der Waals surface area contributed by atoms with Crippen LogP contribution in [0, 0.1) is 0 Å². The zero-order chi connectivity index (χ0) is 14.3. The maximum Gasteiger partial charge on any atom is 0.243 e. The molecule has 3 N–H and O–H groups in total. The quantitative estimate of drug-likeness (QED) is 0.889. The predicted molar refractivity (Wildman–Crippen MR) is 83.5 cm³/mol. The number of nitrogens with two attached hydrogens (primary N) is 1. The Balaban J connectivity index is 1.88. The third-order valence-corrected chi connectivity index (χ3v) is 5.33. The Labute approximate surface area is 127 Å². The summed E-state index contributed by atoms with van der Waals surface area (Å²) < 4.78 is 0.998. The van der Waals surface area contributed by atoms with Crippen LogP contribution in [0.3, 0.4) is 0 Å². The van der Waals surface area contributed by atoms with Crippen LogP contribution >= 0.6 is 15.9 Å². The van der Waals surface area contributed by atoms with Crippen LogP contribution in [-0.2, 0) is 4.79 Å². The third-order valence-electron chi connectivity index (χ3n) is 4.83. The summed E-state index contributed by atoms with van der Waals surface area (Å²) in [6.07, 6.45) is 3.91. The first-order valence-electron chi connectivity index (χ1n) is 7.06. The van der Waals surface area contributed by atoms with Crippen molar-refractivity contribution < 1.29 is 4.79 Å². The molecular formula is C15H20BrN3O. The summed E-state index contributed by atoms with van der Waals surface area (Å²) in [5.41, 5.74) is 6.09. The molecule has 2 aliphatic rings. The minimum atomic E-state index is -0.612. The van der Waals surface area contributed by atoms with Gasteiger partial charge in [-0.1, -0.05) is 22.0 Å². The van der Waals surface area contributed by atoms with E-state index < -0.39 is 5.54 Å². The Bertz CT molecular complexity index is 520. The lowest BCUT2D eigenvalue weighted by molar-refractivity contribution is -0.124. The van der Waals surface area contributed by atoms with Crippen LogP contribution in [0.15, 0.2) is 28.7 Å². The van der Waals surface area contributed by atoms with Gasteiger partial charge in [0, 0.05) is 22.2 Å². The number of piperidine rings is 1. The number of carbonyl (C=O) groups is 1. The van der Waals surface area contributed by atoms with Gasteiger partial charge in [0.1, 0.15) is 5.54 Å². The SMILES string of the molecule is CN1C2CCC1CC(Nc1cccc(Br)c1)(C(N)=O)C2. The van der Waals surface area contributed by atoms with Crippen LogP contribution in [-0.4, -0.2) is 35.5 Å². The standard InChI is InChI=1S/C15H20BrN3O/c1-19-12-5-6-13(19)9-15(8-12,14(17)20)18-11-4-2-3-10(16)7-11/h2-4,7,12-13,18H,5-6,8-9H2,1H3,(H2,17,20). The van der Waals surface area contributed by atoms with Gasteiger partial charge in [0.2, 0.25) is 5.91 Å². The Hall–Kier alpha value is -1.07. The van der Waals surface area contributed by atoms with Crippen molar-refractivity contribution in [2.24, 2.45) is 5.73 Å². The molecule has 0 aromatic heterocycles. The van der Waals surface area contributed by atoms with E-state index in [0.29, 0.717) is 12.1 Å². The molecule has 2 unspecified atom stereocenters. The maximum atomic E-state index is 12.1. The highest BCUT2D eigenvalue weighted by Crippen LogP contribution is 2.41. The summed E-state index contributed by atoms with van der Waals surface area (Å²) in [6.45, 7) is 0. The van der Waals surface area contributed by atoms with Crippen molar-refractivity contribution in [3.63, 3.8) is 0 Å². The fourth-order valence-corrected chi connectivity index (χ4v) is 4.08. The normalized spacial score (nSPS) is 33.1. The van der Waals surface area contributed by atoms with Crippen LogP contribution in [0.2, 0.25) is 0 Å². The Morgan fingerprint density at radius 2 is 2.05 bits per heavy atom. The molecule has 5 heteroatoms. The number of primary amides is 1. The van der Waals surface area contributed by atoms with Gasteiger partial charge in [0.15, 0.2) is 0 Å². The van der Waals surface area contributed by atoms with E-state index in [2.05, 4.69) is 33.2 Å². The second kappa shape index (κ2) is 5.04. The minimum absolute atomic E-state index is 0.234. The van der Waals surface area contributed by atoms with E-state index in [1.807, 2.05) is 24.3 Å². The highest BCUT2D eigenvalue weighted by molar-refractivity contribution is 9.10. The Kier molecular flexibility index (Phi) is 3.50. The number of hydrogen-bond acceptors (Lipinski definition) is 3. The minimum Gasteiger partial charge on any atom is -0.371 e. The topological polar surface area (TPSA) is 58.4 Å². The second-order valence-electron chi connectivity index (χ2n) is 6.04. The van der Waals surface area contributed by atoms with Crippen LogP contribution in [0.1, 0.15) is 25.7 Å². The van der Waals surface area contributed by atoms with Gasteiger partial charge in [0.05, 0.1) is 0 Å². The Morgan fingerprint density at radius 3 is 2.60 bits per heavy atom. The summed E-state index contributed by atoms with van der Waals surface area (Å²) in [5, 5.41) is 3.42. The number of hydrogen-bond donors (Lipinski definition) is 2. The van der Waals surface area contributed by atoms with E-state index in [9.17, 15) is 4.79 Å². The average Bonchev–Trinajstić information content (AvgIpc) is 2.62. The van der Waals surface area contributed by atoms with Gasteiger partial charge in [-0.3, -0.25) is 4.79 Å². The zero-order valence-electron chi connectivity index (χ0n) is 11.6. The monoisotopic (exact) mass is 337 g/mol. The summed E-state index contributed by atoms with van der Waals surface area (Å²) in [7, 11) is 2.16.